The average Bonchev–Trinajstić information content (AvgIpc) is 2.35. The van der Waals surface area contributed by atoms with Crippen LogP contribution >= 0.6 is 23.2 Å². The van der Waals surface area contributed by atoms with Gasteiger partial charge in [-0.15, -0.1) is 0 Å². The molecule has 0 aliphatic heterocycles. The third kappa shape index (κ3) is 4.84. The number of hydrogen-bond donors (Lipinski definition) is 1. The third-order valence-corrected chi connectivity index (χ3v) is 3.32. The third-order valence-electron chi connectivity index (χ3n) is 2.75. The fourth-order valence-corrected chi connectivity index (χ4v) is 1.94. The molecule has 0 fully saturated rings. The Morgan fingerprint density at radius 1 is 1.28 bits per heavy atom. The van der Waals surface area contributed by atoms with Crippen LogP contribution in [0.4, 0.5) is 5.69 Å². The van der Waals surface area contributed by atoms with Crippen LogP contribution in [0.25, 0.3) is 0 Å². The van der Waals surface area contributed by atoms with Crippen LogP contribution < -0.4 is 5.32 Å². The summed E-state index contributed by atoms with van der Waals surface area (Å²) >= 11 is 11.8. The zero-order chi connectivity index (χ0) is 13.5. The van der Waals surface area contributed by atoms with Crippen LogP contribution in [0.15, 0.2) is 18.2 Å². The largest absolute Gasteiger partial charge is 0.325 e. The van der Waals surface area contributed by atoms with Crippen LogP contribution in [0.2, 0.25) is 10.0 Å². The summed E-state index contributed by atoms with van der Waals surface area (Å²) in [5.74, 6) is -0.0499. The molecule has 100 valence electrons. The van der Waals surface area contributed by atoms with Crippen molar-refractivity contribution in [2.75, 3.05) is 25.0 Å². The molecule has 0 heterocycles. The van der Waals surface area contributed by atoms with Crippen molar-refractivity contribution in [1.29, 1.82) is 0 Å². The van der Waals surface area contributed by atoms with Gasteiger partial charge in [-0.05, 0) is 31.3 Å². The maximum atomic E-state index is 11.8. The minimum Gasteiger partial charge on any atom is -0.325 e. The Labute approximate surface area is 118 Å². The molecule has 0 spiro atoms. The Bertz CT molecular complexity index is 406. The number of carbonyl (C=O) groups excluding carboxylic acids is 1. The number of rotatable bonds is 6. The molecular weight excluding hydrogens is 271 g/mol. The second kappa shape index (κ2) is 7.62. The molecule has 0 bridgehead atoms. The number of nitrogens with zero attached hydrogens (tertiary/aromatic N) is 1. The molecule has 0 aliphatic carbocycles. The van der Waals surface area contributed by atoms with Crippen LogP contribution in [0.1, 0.15) is 20.3 Å². The minimum atomic E-state index is -0.0499. The smallest absolute Gasteiger partial charge is 0.225 e. The van der Waals surface area contributed by atoms with E-state index in [-0.39, 0.29) is 5.91 Å². The van der Waals surface area contributed by atoms with Gasteiger partial charge in [-0.1, -0.05) is 37.0 Å². The lowest BCUT2D eigenvalue weighted by Gasteiger charge is -2.17. The van der Waals surface area contributed by atoms with Gasteiger partial charge in [0.1, 0.15) is 0 Å². The molecule has 0 atom stereocenters. The first kappa shape index (κ1) is 15.3. The van der Waals surface area contributed by atoms with Crippen molar-refractivity contribution in [2.45, 2.75) is 20.3 Å². The van der Waals surface area contributed by atoms with E-state index in [9.17, 15) is 4.79 Å². The molecule has 1 aromatic rings. The van der Waals surface area contributed by atoms with Gasteiger partial charge in [-0.3, -0.25) is 4.79 Å². The number of hydrogen-bond acceptors (Lipinski definition) is 2. The SMILES string of the molecule is CCN(CC)CCC(=O)Nc1cc(Cl)ccc1Cl. The quantitative estimate of drug-likeness (QED) is 0.866. The number of anilines is 1. The van der Waals surface area contributed by atoms with Crippen molar-refractivity contribution in [3.8, 4) is 0 Å². The highest BCUT2D eigenvalue weighted by atomic mass is 35.5. The van der Waals surface area contributed by atoms with Gasteiger partial charge in [0.2, 0.25) is 5.91 Å². The highest BCUT2D eigenvalue weighted by molar-refractivity contribution is 6.35. The van der Waals surface area contributed by atoms with Gasteiger partial charge in [-0.25, -0.2) is 0 Å². The van der Waals surface area contributed by atoms with Crippen molar-refractivity contribution in [2.24, 2.45) is 0 Å². The van der Waals surface area contributed by atoms with Gasteiger partial charge in [0.15, 0.2) is 0 Å². The summed E-state index contributed by atoms with van der Waals surface area (Å²) < 4.78 is 0. The standard InChI is InChI=1S/C13H18Cl2N2O/c1-3-17(4-2)8-7-13(18)16-12-9-10(14)5-6-11(12)15/h5-6,9H,3-4,7-8H2,1-2H3,(H,16,18). The molecule has 0 radical (unpaired) electrons. The zero-order valence-electron chi connectivity index (χ0n) is 10.7. The van der Waals surface area contributed by atoms with Crippen molar-refractivity contribution >= 4 is 34.8 Å². The van der Waals surface area contributed by atoms with Gasteiger partial charge < -0.3 is 10.2 Å². The van der Waals surface area contributed by atoms with E-state index in [0.717, 1.165) is 19.6 Å². The molecule has 1 rings (SSSR count). The van der Waals surface area contributed by atoms with Crippen molar-refractivity contribution in [3.63, 3.8) is 0 Å². The molecule has 1 amide bonds. The maximum absolute atomic E-state index is 11.8. The Balaban J connectivity index is 2.51. The van der Waals surface area contributed by atoms with Crippen molar-refractivity contribution < 1.29 is 4.79 Å². The summed E-state index contributed by atoms with van der Waals surface area (Å²) in [5, 5.41) is 3.82. The summed E-state index contributed by atoms with van der Waals surface area (Å²) in [6.07, 6.45) is 0.449. The molecular formula is C13H18Cl2N2O. The van der Waals surface area contributed by atoms with E-state index in [2.05, 4.69) is 24.1 Å². The van der Waals surface area contributed by atoms with E-state index < -0.39 is 0 Å². The molecule has 1 aromatic carbocycles. The molecule has 5 heteroatoms. The number of amides is 1. The highest BCUT2D eigenvalue weighted by Crippen LogP contribution is 2.25. The lowest BCUT2D eigenvalue weighted by atomic mass is 10.3. The summed E-state index contributed by atoms with van der Waals surface area (Å²) in [6.45, 7) is 6.80. The van der Waals surface area contributed by atoms with Crippen LogP contribution in [0.3, 0.4) is 0 Å². The van der Waals surface area contributed by atoms with Gasteiger partial charge in [-0.2, -0.15) is 0 Å². The molecule has 0 aliphatic rings. The molecule has 3 nitrogen and oxygen atoms in total. The molecule has 0 saturated heterocycles. The molecule has 0 saturated carbocycles. The second-order valence-electron chi connectivity index (χ2n) is 3.95. The predicted molar refractivity (Wildman–Crippen MR) is 77.5 cm³/mol. The number of carbonyl (C=O) groups is 1. The zero-order valence-corrected chi connectivity index (χ0v) is 12.2. The van der Waals surface area contributed by atoms with Gasteiger partial charge in [0.25, 0.3) is 0 Å². The van der Waals surface area contributed by atoms with Gasteiger partial charge in [0.05, 0.1) is 10.7 Å². The van der Waals surface area contributed by atoms with Crippen LogP contribution in [0.5, 0.6) is 0 Å². The Hall–Kier alpha value is -0.770. The Morgan fingerprint density at radius 3 is 2.56 bits per heavy atom. The van der Waals surface area contributed by atoms with E-state index in [4.69, 9.17) is 23.2 Å². The minimum absolute atomic E-state index is 0.0499. The van der Waals surface area contributed by atoms with Crippen molar-refractivity contribution in [3.05, 3.63) is 28.2 Å². The summed E-state index contributed by atoms with van der Waals surface area (Å²) in [6, 6.07) is 5.01. The lowest BCUT2D eigenvalue weighted by molar-refractivity contribution is -0.116. The number of benzene rings is 1. The molecule has 0 unspecified atom stereocenters. The fraction of sp³-hybridized carbons (Fsp3) is 0.462. The summed E-state index contributed by atoms with van der Waals surface area (Å²) in [7, 11) is 0. The topological polar surface area (TPSA) is 32.3 Å². The van der Waals surface area contributed by atoms with E-state index in [0.29, 0.717) is 22.2 Å². The Kier molecular flexibility index (Phi) is 6.47. The van der Waals surface area contributed by atoms with Gasteiger partial charge >= 0.3 is 0 Å². The molecule has 1 N–H and O–H groups in total. The predicted octanol–water partition coefficient (Wildman–Crippen LogP) is 3.66. The van der Waals surface area contributed by atoms with Crippen LogP contribution in [-0.2, 0) is 4.79 Å². The average molecular weight is 289 g/mol. The van der Waals surface area contributed by atoms with E-state index >= 15 is 0 Å². The van der Waals surface area contributed by atoms with E-state index in [1.165, 1.54) is 0 Å². The summed E-state index contributed by atoms with van der Waals surface area (Å²) in [5.41, 5.74) is 0.564. The first-order valence-electron chi connectivity index (χ1n) is 6.04. The molecule has 18 heavy (non-hydrogen) atoms. The second-order valence-corrected chi connectivity index (χ2v) is 4.79. The monoisotopic (exact) mass is 288 g/mol. The number of halogens is 2. The first-order valence-corrected chi connectivity index (χ1v) is 6.79. The molecule has 0 aromatic heterocycles. The normalized spacial score (nSPS) is 10.7. The fourth-order valence-electron chi connectivity index (χ4n) is 1.61. The number of nitrogens with one attached hydrogen (secondary N) is 1. The maximum Gasteiger partial charge on any atom is 0.225 e. The van der Waals surface area contributed by atoms with E-state index in [1.807, 2.05) is 0 Å². The highest BCUT2D eigenvalue weighted by Gasteiger charge is 2.08. The van der Waals surface area contributed by atoms with Crippen LogP contribution in [-0.4, -0.2) is 30.4 Å². The van der Waals surface area contributed by atoms with Crippen LogP contribution in [0, 0.1) is 0 Å². The van der Waals surface area contributed by atoms with E-state index in [1.54, 1.807) is 18.2 Å². The van der Waals surface area contributed by atoms with Gasteiger partial charge in [0, 0.05) is 18.0 Å². The first-order chi connectivity index (χ1) is 8.56. The summed E-state index contributed by atoms with van der Waals surface area (Å²) in [4.78, 5) is 14.0. The lowest BCUT2D eigenvalue weighted by Crippen LogP contribution is -2.27. The Morgan fingerprint density at radius 2 is 1.94 bits per heavy atom. The van der Waals surface area contributed by atoms with Crippen molar-refractivity contribution in [1.82, 2.24) is 4.90 Å².